The average molecular weight is 439 g/mol. The second-order valence-electron chi connectivity index (χ2n) is 8.16. The van der Waals surface area contributed by atoms with Crippen LogP contribution in [0.15, 0.2) is 59.6 Å². The van der Waals surface area contributed by atoms with Crippen molar-refractivity contribution >= 4 is 5.96 Å². The van der Waals surface area contributed by atoms with Crippen molar-refractivity contribution in [3.05, 3.63) is 65.7 Å². The van der Waals surface area contributed by atoms with Gasteiger partial charge >= 0.3 is 0 Å². The zero-order valence-electron chi connectivity index (χ0n) is 19.6. The third-order valence-corrected chi connectivity index (χ3v) is 5.65. The molecule has 1 saturated heterocycles. The maximum Gasteiger partial charge on any atom is 0.191 e. The van der Waals surface area contributed by atoms with Crippen molar-refractivity contribution in [2.24, 2.45) is 4.99 Å². The van der Waals surface area contributed by atoms with Gasteiger partial charge in [-0.05, 0) is 49.4 Å². The molecule has 1 aliphatic heterocycles. The van der Waals surface area contributed by atoms with Gasteiger partial charge < -0.3 is 20.1 Å². The Labute approximate surface area is 193 Å². The summed E-state index contributed by atoms with van der Waals surface area (Å²) in [7, 11) is 1.68. The molecule has 32 heavy (non-hydrogen) atoms. The Morgan fingerprint density at radius 2 is 1.81 bits per heavy atom. The number of likely N-dealkylation sites (tertiary alicyclic amines) is 1. The summed E-state index contributed by atoms with van der Waals surface area (Å²) in [5.74, 6) is 1.70. The molecule has 2 N–H and O–H groups in total. The molecular formula is C26H38N4O2. The molecule has 174 valence electrons. The molecule has 2 aromatic rings. The molecule has 0 aliphatic carbocycles. The number of hydrogen-bond donors (Lipinski definition) is 2. The highest BCUT2D eigenvalue weighted by Gasteiger charge is 2.19. The first kappa shape index (κ1) is 24.1. The molecule has 0 atom stereocenters. The topological polar surface area (TPSA) is 58.1 Å². The van der Waals surface area contributed by atoms with Gasteiger partial charge in [0.2, 0.25) is 0 Å². The molecule has 1 fully saturated rings. The molecule has 0 saturated carbocycles. The summed E-state index contributed by atoms with van der Waals surface area (Å²) in [5, 5.41) is 6.72. The molecule has 1 aliphatic rings. The molecule has 0 unspecified atom stereocenters. The van der Waals surface area contributed by atoms with Crippen LogP contribution in [0.1, 0.15) is 37.3 Å². The average Bonchev–Trinajstić information content (AvgIpc) is 2.84. The van der Waals surface area contributed by atoms with Crippen molar-refractivity contribution < 1.29 is 9.47 Å². The third-order valence-electron chi connectivity index (χ3n) is 5.65. The molecule has 0 bridgehead atoms. The molecule has 3 rings (SSSR count). The number of aliphatic imine (C=N–C) groups is 1. The Balaban J connectivity index is 1.30. The minimum atomic E-state index is 0.386. The highest BCUT2D eigenvalue weighted by molar-refractivity contribution is 5.79. The number of piperidine rings is 1. The van der Waals surface area contributed by atoms with Crippen molar-refractivity contribution in [2.75, 3.05) is 39.9 Å². The maximum atomic E-state index is 6.14. The van der Waals surface area contributed by atoms with Crippen LogP contribution in [-0.4, -0.2) is 56.9 Å². The Kier molecular flexibility index (Phi) is 10.4. The Bertz CT molecular complexity index is 804. The first-order valence-electron chi connectivity index (χ1n) is 11.8. The lowest BCUT2D eigenvalue weighted by atomic mass is 10.1. The third kappa shape index (κ3) is 8.52. The predicted molar refractivity (Wildman–Crippen MR) is 131 cm³/mol. The van der Waals surface area contributed by atoms with Crippen molar-refractivity contribution in [1.29, 1.82) is 0 Å². The molecule has 2 aromatic carbocycles. The van der Waals surface area contributed by atoms with E-state index in [1.54, 1.807) is 7.11 Å². The van der Waals surface area contributed by atoms with Gasteiger partial charge in [0.25, 0.3) is 0 Å². The second kappa shape index (κ2) is 13.8. The zero-order valence-corrected chi connectivity index (χ0v) is 19.6. The molecule has 1 heterocycles. The SMILES string of the molecule is CCNC(=NCc1cccc(OC)c1)NCCCOC1CCN(Cc2ccccc2)CC1. The fourth-order valence-corrected chi connectivity index (χ4v) is 3.89. The van der Waals surface area contributed by atoms with Crippen LogP contribution in [0.5, 0.6) is 5.75 Å². The van der Waals surface area contributed by atoms with Crippen molar-refractivity contribution in [2.45, 2.75) is 45.4 Å². The minimum absolute atomic E-state index is 0.386. The molecule has 6 nitrogen and oxygen atoms in total. The normalized spacial score (nSPS) is 15.5. The lowest BCUT2D eigenvalue weighted by Gasteiger charge is -2.32. The van der Waals surface area contributed by atoms with Crippen LogP contribution in [0.2, 0.25) is 0 Å². The Morgan fingerprint density at radius 3 is 2.56 bits per heavy atom. The van der Waals surface area contributed by atoms with Crippen molar-refractivity contribution in [1.82, 2.24) is 15.5 Å². The van der Waals surface area contributed by atoms with Crippen LogP contribution < -0.4 is 15.4 Å². The number of benzene rings is 2. The quantitative estimate of drug-likeness (QED) is 0.317. The van der Waals surface area contributed by atoms with E-state index in [0.29, 0.717) is 12.6 Å². The number of hydrogen-bond acceptors (Lipinski definition) is 4. The largest absolute Gasteiger partial charge is 0.497 e. The first-order valence-corrected chi connectivity index (χ1v) is 11.8. The fourth-order valence-electron chi connectivity index (χ4n) is 3.89. The molecule has 0 radical (unpaired) electrons. The van der Waals surface area contributed by atoms with E-state index in [9.17, 15) is 0 Å². The molecule has 0 aromatic heterocycles. The van der Waals surface area contributed by atoms with Crippen LogP contribution in [0.25, 0.3) is 0 Å². The van der Waals surface area contributed by atoms with Crippen LogP contribution >= 0.6 is 0 Å². The molecular weight excluding hydrogens is 400 g/mol. The summed E-state index contributed by atoms with van der Waals surface area (Å²) in [6, 6.07) is 18.7. The first-order chi connectivity index (χ1) is 15.8. The van der Waals surface area contributed by atoms with Crippen molar-refractivity contribution in [3.63, 3.8) is 0 Å². The summed E-state index contributed by atoms with van der Waals surface area (Å²) in [5.41, 5.74) is 2.52. The van der Waals surface area contributed by atoms with Crippen LogP contribution in [0.3, 0.4) is 0 Å². The van der Waals surface area contributed by atoms with E-state index in [1.807, 2.05) is 18.2 Å². The number of guanidine groups is 1. The Morgan fingerprint density at radius 1 is 1.03 bits per heavy atom. The van der Waals surface area contributed by atoms with E-state index in [1.165, 1.54) is 5.56 Å². The highest BCUT2D eigenvalue weighted by atomic mass is 16.5. The van der Waals surface area contributed by atoms with Gasteiger partial charge in [-0.15, -0.1) is 0 Å². The summed E-state index contributed by atoms with van der Waals surface area (Å²) in [4.78, 5) is 7.21. The van der Waals surface area contributed by atoms with Crippen LogP contribution in [0, 0.1) is 0 Å². The van der Waals surface area contributed by atoms with E-state index >= 15 is 0 Å². The van der Waals surface area contributed by atoms with E-state index in [-0.39, 0.29) is 0 Å². The maximum absolute atomic E-state index is 6.14. The van der Waals surface area contributed by atoms with Gasteiger partial charge in [-0.1, -0.05) is 42.5 Å². The summed E-state index contributed by atoms with van der Waals surface area (Å²) in [6.07, 6.45) is 3.58. The number of ether oxygens (including phenoxy) is 2. The number of rotatable bonds is 11. The highest BCUT2D eigenvalue weighted by Crippen LogP contribution is 2.16. The van der Waals surface area contributed by atoms with Crippen LogP contribution in [0.4, 0.5) is 0 Å². The second-order valence-corrected chi connectivity index (χ2v) is 8.16. The number of nitrogens with zero attached hydrogens (tertiary/aromatic N) is 2. The molecule has 0 spiro atoms. The lowest BCUT2D eigenvalue weighted by molar-refractivity contribution is 0.00534. The van der Waals surface area contributed by atoms with Gasteiger partial charge in [-0.2, -0.15) is 0 Å². The summed E-state index contributed by atoms with van der Waals surface area (Å²) >= 11 is 0. The van der Waals surface area contributed by atoms with E-state index in [0.717, 1.165) is 75.9 Å². The number of methoxy groups -OCH3 is 1. The monoisotopic (exact) mass is 438 g/mol. The van der Waals surface area contributed by atoms with Gasteiger partial charge in [0.1, 0.15) is 5.75 Å². The Hall–Kier alpha value is -2.57. The molecule has 6 heteroatoms. The lowest BCUT2D eigenvalue weighted by Crippen LogP contribution is -2.38. The van der Waals surface area contributed by atoms with E-state index < -0.39 is 0 Å². The van der Waals surface area contributed by atoms with Gasteiger partial charge in [0.05, 0.1) is 19.8 Å². The summed E-state index contributed by atoms with van der Waals surface area (Å²) in [6.45, 7) is 8.42. The zero-order chi connectivity index (χ0) is 22.4. The van der Waals surface area contributed by atoms with Gasteiger partial charge in [0, 0.05) is 39.3 Å². The molecule has 0 amide bonds. The standard InChI is InChI=1S/C26H38N4O2/c1-3-27-26(29-20-23-11-7-12-25(19-23)31-2)28-15-8-18-32-24-13-16-30(17-14-24)21-22-9-5-4-6-10-22/h4-7,9-12,19,24H,3,8,13-18,20-21H2,1-2H3,(H2,27,28,29). The number of nitrogens with one attached hydrogen (secondary N) is 2. The van der Waals surface area contributed by atoms with Crippen LogP contribution in [-0.2, 0) is 17.8 Å². The van der Waals surface area contributed by atoms with Gasteiger partial charge in [0.15, 0.2) is 5.96 Å². The predicted octanol–water partition coefficient (Wildman–Crippen LogP) is 3.82. The van der Waals surface area contributed by atoms with E-state index in [4.69, 9.17) is 9.47 Å². The minimum Gasteiger partial charge on any atom is -0.497 e. The van der Waals surface area contributed by atoms with Gasteiger partial charge in [-0.3, -0.25) is 4.90 Å². The van der Waals surface area contributed by atoms with E-state index in [2.05, 4.69) is 63.8 Å². The van der Waals surface area contributed by atoms with Crippen molar-refractivity contribution in [3.8, 4) is 5.75 Å². The summed E-state index contributed by atoms with van der Waals surface area (Å²) < 4.78 is 11.4. The van der Waals surface area contributed by atoms with Gasteiger partial charge in [-0.25, -0.2) is 4.99 Å². The smallest absolute Gasteiger partial charge is 0.191 e. The fraction of sp³-hybridized carbons (Fsp3) is 0.500.